The fourth-order valence-electron chi connectivity index (χ4n) is 1.51. The van der Waals surface area contributed by atoms with Crippen molar-refractivity contribution in [1.29, 1.82) is 0 Å². The number of anilines is 2. The first-order valence-corrected chi connectivity index (χ1v) is 5.53. The second-order valence-corrected chi connectivity index (χ2v) is 4.13. The Hall–Kier alpha value is -2.04. The van der Waals surface area contributed by atoms with Gasteiger partial charge in [-0.2, -0.15) is 0 Å². The van der Waals surface area contributed by atoms with E-state index in [-0.39, 0.29) is 0 Å². The van der Waals surface area contributed by atoms with Gasteiger partial charge in [0.1, 0.15) is 5.82 Å². The molecule has 0 aromatic carbocycles. The van der Waals surface area contributed by atoms with Gasteiger partial charge >= 0.3 is 0 Å². The molecule has 0 radical (unpaired) electrons. The molecule has 2 rings (SSSR count). The van der Waals surface area contributed by atoms with Crippen LogP contribution in [0.1, 0.15) is 11.4 Å². The van der Waals surface area contributed by atoms with E-state index in [9.17, 15) is 0 Å². The first-order valence-electron chi connectivity index (χ1n) is 5.53. The summed E-state index contributed by atoms with van der Waals surface area (Å²) in [6.45, 7) is 2.72. The lowest BCUT2D eigenvalue weighted by Crippen LogP contribution is -2.10. The van der Waals surface area contributed by atoms with E-state index < -0.39 is 0 Å². The molecule has 0 aliphatic rings. The maximum Gasteiger partial charge on any atom is 0.128 e. The molecule has 5 nitrogen and oxygen atoms in total. The molecule has 2 N–H and O–H groups in total. The molecule has 0 atom stereocenters. The largest absolute Gasteiger partial charge is 0.378 e. The molecule has 17 heavy (non-hydrogen) atoms. The molecule has 0 spiro atoms. The van der Waals surface area contributed by atoms with Crippen molar-refractivity contribution in [2.45, 2.75) is 13.5 Å². The predicted molar refractivity (Wildman–Crippen MR) is 69.2 cm³/mol. The third kappa shape index (κ3) is 2.75. The van der Waals surface area contributed by atoms with E-state index in [4.69, 9.17) is 0 Å². The summed E-state index contributed by atoms with van der Waals surface area (Å²) in [5.74, 6) is 0.950. The van der Waals surface area contributed by atoms with Gasteiger partial charge < -0.3 is 15.2 Å². The van der Waals surface area contributed by atoms with E-state index in [0.29, 0.717) is 6.54 Å². The van der Waals surface area contributed by atoms with E-state index in [2.05, 4.69) is 20.3 Å². The molecule has 2 aromatic heterocycles. The average molecular weight is 231 g/mol. The van der Waals surface area contributed by atoms with E-state index in [1.165, 1.54) is 0 Å². The average Bonchev–Trinajstić information content (AvgIpc) is 2.73. The topological polar surface area (TPSA) is 56.8 Å². The van der Waals surface area contributed by atoms with Crippen LogP contribution in [0.25, 0.3) is 0 Å². The summed E-state index contributed by atoms with van der Waals surface area (Å²) in [7, 11) is 3.95. The standard InChI is InChI=1S/C12H17N5/c1-9-11(16-8-15-9)7-13-10-4-5-12(14-6-10)17(2)3/h4-6,8,13H,7H2,1-3H3,(H,15,16). The molecule has 0 fully saturated rings. The molecule has 0 aliphatic carbocycles. The number of nitrogens with zero attached hydrogens (tertiary/aromatic N) is 3. The maximum absolute atomic E-state index is 4.34. The van der Waals surface area contributed by atoms with Gasteiger partial charge in [0.15, 0.2) is 0 Å². The minimum Gasteiger partial charge on any atom is -0.378 e. The smallest absolute Gasteiger partial charge is 0.128 e. The number of nitrogens with one attached hydrogen (secondary N) is 2. The molecule has 0 bridgehead atoms. The molecule has 2 heterocycles. The molecule has 0 saturated carbocycles. The number of H-pyrrole nitrogens is 1. The van der Waals surface area contributed by atoms with Crippen molar-refractivity contribution in [1.82, 2.24) is 15.0 Å². The highest BCUT2D eigenvalue weighted by Crippen LogP contribution is 2.12. The van der Waals surface area contributed by atoms with Gasteiger partial charge in [0, 0.05) is 19.8 Å². The van der Waals surface area contributed by atoms with Crippen LogP contribution in [0.4, 0.5) is 11.5 Å². The molecule has 0 amide bonds. The first-order chi connectivity index (χ1) is 8.16. The molecule has 5 heteroatoms. The van der Waals surface area contributed by atoms with Crippen LogP contribution in [0.5, 0.6) is 0 Å². The number of hydrogen-bond acceptors (Lipinski definition) is 4. The summed E-state index contributed by atoms with van der Waals surface area (Å²) >= 11 is 0. The quantitative estimate of drug-likeness (QED) is 0.842. The number of aryl methyl sites for hydroxylation is 1. The third-order valence-electron chi connectivity index (χ3n) is 2.60. The molecule has 0 aliphatic heterocycles. The predicted octanol–water partition coefficient (Wildman–Crippen LogP) is 1.79. The van der Waals surface area contributed by atoms with Gasteiger partial charge in [-0.1, -0.05) is 0 Å². The Morgan fingerprint density at radius 2 is 2.12 bits per heavy atom. The van der Waals surface area contributed by atoms with Gasteiger partial charge in [-0.15, -0.1) is 0 Å². The highest BCUT2D eigenvalue weighted by Gasteiger charge is 2.01. The summed E-state index contributed by atoms with van der Waals surface area (Å²) < 4.78 is 0. The molecular weight excluding hydrogens is 214 g/mol. The van der Waals surface area contributed by atoms with Crippen LogP contribution in [0.15, 0.2) is 24.7 Å². The second kappa shape index (κ2) is 4.86. The van der Waals surface area contributed by atoms with Crippen LogP contribution in [0.3, 0.4) is 0 Å². The number of aromatic amines is 1. The highest BCUT2D eigenvalue weighted by atomic mass is 15.1. The number of imidazole rings is 1. The van der Waals surface area contributed by atoms with Gasteiger partial charge in [-0.3, -0.25) is 0 Å². The lowest BCUT2D eigenvalue weighted by Gasteiger charge is -2.11. The van der Waals surface area contributed by atoms with Crippen LogP contribution in [-0.2, 0) is 6.54 Å². The molecular formula is C12H17N5. The van der Waals surface area contributed by atoms with Gasteiger partial charge in [0.2, 0.25) is 0 Å². The van der Waals surface area contributed by atoms with Crippen molar-refractivity contribution in [2.24, 2.45) is 0 Å². The molecule has 0 saturated heterocycles. The first kappa shape index (κ1) is 11.4. The minimum absolute atomic E-state index is 0.707. The zero-order chi connectivity index (χ0) is 12.3. The van der Waals surface area contributed by atoms with Crippen LogP contribution < -0.4 is 10.2 Å². The highest BCUT2D eigenvalue weighted by molar-refractivity contribution is 5.48. The Bertz CT molecular complexity index is 472. The van der Waals surface area contributed by atoms with Crippen LogP contribution >= 0.6 is 0 Å². The van der Waals surface area contributed by atoms with Crippen molar-refractivity contribution in [3.8, 4) is 0 Å². The van der Waals surface area contributed by atoms with E-state index in [0.717, 1.165) is 22.9 Å². The lowest BCUT2D eigenvalue weighted by atomic mass is 10.3. The Labute approximate surface area is 101 Å². The Balaban J connectivity index is 1.98. The van der Waals surface area contributed by atoms with Crippen molar-refractivity contribution >= 4 is 11.5 Å². The maximum atomic E-state index is 4.34. The van der Waals surface area contributed by atoms with Crippen molar-refractivity contribution in [3.63, 3.8) is 0 Å². The minimum atomic E-state index is 0.707. The molecule has 2 aromatic rings. The summed E-state index contributed by atoms with van der Waals surface area (Å²) in [6, 6.07) is 4.00. The number of pyridine rings is 1. The van der Waals surface area contributed by atoms with E-state index in [1.807, 2.05) is 44.2 Å². The van der Waals surface area contributed by atoms with Crippen molar-refractivity contribution in [2.75, 3.05) is 24.3 Å². The summed E-state index contributed by atoms with van der Waals surface area (Å²) in [5.41, 5.74) is 3.12. The van der Waals surface area contributed by atoms with Crippen molar-refractivity contribution < 1.29 is 0 Å². The van der Waals surface area contributed by atoms with Gasteiger partial charge in [0.05, 0.1) is 30.5 Å². The van der Waals surface area contributed by atoms with Gasteiger partial charge in [-0.25, -0.2) is 9.97 Å². The molecule has 90 valence electrons. The van der Waals surface area contributed by atoms with Crippen LogP contribution in [0.2, 0.25) is 0 Å². The zero-order valence-electron chi connectivity index (χ0n) is 10.4. The molecule has 0 unspecified atom stereocenters. The fraction of sp³-hybridized carbons (Fsp3) is 0.333. The Morgan fingerprint density at radius 1 is 1.29 bits per heavy atom. The van der Waals surface area contributed by atoms with Gasteiger partial charge in [-0.05, 0) is 19.1 Å². The lowest BCUT2D eigenvalue weighted by molar-refractivity contribution is 1.03. The normalized spacial score (nSPS) is 10.3. The van der Waals surface area contributed by atoms with E-state index >= 15 is 0 Å². The van der Waals surface area contributed by atoms with Gasteiger partial charge in [0.25, 0.3) is 0 Å². The Kier molecular flexibility index (Phi) is 3.27. The van der Waals surface area contributed by atoms with Crippen LogP contribution in [0, 0.1) is 6.92 Å². The summed E-state index contributed by atoms with van der Waals surface area (Å²) in [6.07, 6.45) is 3.54. The van der Waals surface area contributed by atoms with E-state index in [1.54, 1.807) is 6.33 Å². The SMILES string of the molecule is Cc1[nH]cnc1CNc1ccc(N(C)C)nc1. The number of rotatable bonds is 4. The fourth-order valence-corrected chi connectivity index (χ4v) is 1.51. The van der Waals surface area contributed by atoms with Crippen molar-refractivity contribution in [3.05, 3.63) is 36.0 Å². The summed E-state index contributed by atoms with van der Waals surface area (Å²) in [4.78, 5) is 13.6. The van der Waals surface area contributed by atoms with Crippen LogP contribution in [-0.4, -0.2) is 29.0 Å². The monoisotopic (exact) mass is 231 g/mol. The zero-order valence-corrected chi connectivity index (χ0v) is 10.4. The number of hydrogen-bond donors (Lipinski definition) is 2. The Morgan fingerprint density at radius 3 is 2.65 bits per heavy atom. The number of aromatic nitrogens is 3. The third-order valence-corrected chi connectivity index (χ3v) is 2.60. The summed E-state index contributed by atoms with van der Waals surface area (Å²) in [5, 5.41) is 3.29. The second-order valence-electron chi connectivity index (χ2n) is 4.13.